The second kappa shape index (κ2) is 10.5. The summed E-state index contributed by atoms with van der Waals surface area (Å²) in [6.45, 7) is 12.3. The van der Waals surface area contributed by atoms with Gasteiger partial charge in [-0.25, -0.2) is 4.98 Å². The lowest BCUT2D eigenvalue weighted by Gasteiger charge is -2.17. The van der Waals surface area contributed by atoms with Gasteiger partial charge in [-0.15, -0.1) is 0 Å². The summed E-state index contributed by atoms with van der Waals surface area (Å²) in [5.74, 6) is 1.04. The van der Waals surface area contributed by atoms with Gasteiger partial charge in [0, 0.05) is 35.6 Å². The maximum atomic E-state index is 4.70. The van der Waals surface area contributed by atoms with Crippen LogP contribution in [0.2, 0.25) is 0 Å². The van der Waals surface area contributed by atoms with Crippen molar-refractivity contribution >= 4 is 27.6 Å². The Morgan fingerprint density at radius 1 is 0.929 bits per heavy atom. The van der Waals surface area contributed by atoms with Gasteiger partial charge in [0.1, 0.15) is 0 Å². The second-order valence-electron chi connectivity index (χ2n) is 7.59. The van der Waals surface area contributed by atoms with Crippen LogP contribution >= 0.6 is 0 Å². The highest BCUT2D eigenvalue weighted by Crippen LogP contribution is 2.32. The Hall–Kier alpha value is -2.07. The van der Waals surface area contributed by atoms with E-state index in [1.165, 1.54) is 60.5 Å². The molecule has 0 atom stereocenters. The number of benzene rings is 1. The van der Waals surface area contributed by atoms with Gasteiger partial charge < -0.3 is 14.8 Å². The minimum absolute atomic E-state index is 0.986. The summed E-state index contributed by atoms with van der Waals surface area (Å²) < 4.78 is 2.46. The van der Waals surface area contributed by atoms with Crippen LogP contribution in [0, 0.1) is 0 Å². The smallest absolute Gasteiger partial charge is 0.150 e. The average molecular weight is 381 g/mol. The molecule has 0 saturated carbocycles. The number of aromatic nitrogens is 2. The fourth-order valence-corrected chi connectivity index (χ4v) is 4.06. The van der Waals surface area contributed by atoms with E-state index in [0.717, 1.165) is 32.0 Å². The molecule has 4 nitrogen and oxygen atoms in total. The summed E-state index contributed by atoms with van der Waals surface area (Å²) in [4.78, 5) is 7.21. The van der Waals surface area contributed by atoms with Gasteiger partial charge >= 0.3 is 0 Å². The largest absolute Gasteiger partial charge is 0.368 e. The maximum Gasteiger partial charge on any atom is 0.150 e. The van der Waals surface area contributed by atoms with Crippen molar-refractivity contribution in [2.75, 3.05) is 31.5 Å². The average Bonchev–Trinajstić information content (AvgIpc) is 3.06. The minimum atomic E-state index is 0.986. The number of rotatable bonds is 12. The van der Waals surface area contributed by atoms with E-state index < -0.39 is 0 Å². The number of hydrogen-bond acceptors (Lipinski definition) is 3. The molecule has 0 fully saturated rings. The van der Waals surface area contributed by atoms with Gasteiger partial charge in [0.05, 0.1) is 5.52 Å². The monoisotopic (exact) mass is 380 g/mol. The first-order valence-electron chi connectivity index (χ1n) is 11.1. The Kier molecular flexibility index (Phi) is 7.72. The van der Waals surface area contributed by atoms with Crippen LogP contribution in [0.4, 0.5) is 5.82 Å². The van der Waals surface area contributed by atoms with Crippen molar-refractivity contribution in [3.8, 4) is 0 Å². The number of unbranched alkanes of at least 4 members (excludes halogenated alkanes) is 3. The van der Waals surface area contributed by atoms with E-state index in [1.54, 1.807) is 0 Å². The highest BCUT2D eigenvalue weighted by molar-refractivity contribution is 6.11. The van der Waals surface area contributed by atoms with Crippen molar-refractivity contribution in [1.82, 2.24) is 14.5 Å². The summed E-state index contributed by atoms with van der Waals surface area (Å²) >= 11 is 0. The van der Waals surface area contributed by atoms with Gasteiger partial charge in [0.15, 0.2) is 5.82 Å². The number of para-hydroxylation sites is 1. The number of pyridine rings is 1. The van der Waals surface area contributed by atoms with Crippen molar-refractivity contribution in [2.24, 2.45) is 0 Å². The Bertz CT molecular complexity index is 864. The molecule has 2 heterocycles. The van der Waals surface area contributed by atoms with Crippen molar-refractivity contribution in [2.45, 2.75) is 59.4 Å². The molecule has 4 heteroatoms. The molecule has 152 valence electrons. The summed E-state index contributed by atoms with van der Waals surface area (Å²) in [5, 5.41) is 6.28. The molecule has 0 aliphatic carbocycles. The van der Waals surface area contributed by atoms with Crippen LogP contribution < -0.4 is 5.32 Å². The van der Waals surface area contributed by atoms with E-state index in [1.807, 2.05) is 6.20 Å². The Morgan fingerprint density at radius 3 is 2.54 bits per heavy atom. The first-order valence-corrected chi connectivity index (χ1v) is 11.1. The zero-order valence-corrected chi connectivity index (χ0v) is 17.9. The highest BCUT2D eigenvalue weighted by atomic mass is 15.1. The van der Waals surface area contributed by atoms with E-state index in [9.17, 15) is 0 Å². The van der Waals surface area contributed by atoms with Crippen molar-refractivity contribution < 1.29 is 0 Å². The van der Waals surface area contributed by atoms with Crippen molar-refractivity contribution in [1.29, 1.82) is 0 Å². The topological polar surface area (TPSA) is 33.1 Å². The number of aryl methyl sites for hydroxylation is 1. The van der Waals surface area contributed by atoms with Crippen LogP contribution in [0.15, 0.2) is 36.5 Å². The van der Waals surface area contributed by atoms with Gasteiger partial charge in [-0.1, -0.05) is 51.8 Å². The molecule has 1 N–H and O–H groups in total. The van der Waals surface area contributed by atoms with E-state index >= 15 is 0 Å². The number of nitrogens with zero attached hydrogens (tertiary/aromatic N) is 3. The molecule has 0 aliphatic heterocycles. The second-order valence-corrected chi connectivity index (χ2v) is 7.59. The van der Waals surface area contributed by atoms with Gasteiger partial charge in [-0.3, -0.25) is 0 Å². The first-order chi connectivity index (χ1) is 13.8. The maximum absolute atomic E-state index is 4.70. The molecule has 0 bridgehead atoms. The van der Waals surface area contributed by atoms with Gasteiger partial charge in [-0.05, 0) is 51.0 Å². The first kappa shape index (κ1) is 20.7. The number of fused-ring (bicyclic) bond motifs is 3. The van der Waals surface area contributed by atoms with E-state index in [2.05, 4.69) is 65.9 Å². The predicted octanol–water partition coefficient (Wildman–Crippen LogP) is 5.91. The lowest BCUT2D eigenvalue weighted by atomic mass is 10.2. The fourth-order valence-electron chi connectivity index (χ4n) is 4.06. The minimum Gasteiger partial charge on any atom is -0.368 e. The van der Waals surface area contributed by atoms with Crippen LogP contribution in [-0.2, 0) is 6.54 Å². The summed E-state index contributed by atoms with van der Waals surface area (Å²) in [7, 11) is 0. The lowest BCUT2D eigenvalue weighted by Crippen LogP contribution is -2.23. The Labute approximate surface area is 169 Å². The van der Waals surface area contributed by atoms with Crippen LogP contribution in [0.5, 0.6) is 0 Å². The molecular formula is C24H36N4. The van der Waals surface area contributed by atoms with Crippen LogP contribution in [0.1, 0.15) is 52.9 Å². The van der Waals surface area contributed by atoms with Crippen LogP contribution in [0.3, 0.4) is 0 Å². The lowest BCUT2D eigenvalue weighted by molar-refractivity contribution is 0.296. The number of hydrogen-bond donors (Lipinski definition) is 1. The molecule has 3 aromatic rings. The SMILES string of the molecule is CCCCn1c2ccccc2c2ccnc(NCCCCCN(CC)CC)c21. The number of anilines is 1. The van der Waals surface area contributed by atoms with Gasteiger partial charge in [0.2, 0.25) is 0 Å². The van der Waals surface area contributed by atoms with Crippen molar-refractivity contribution in [3.05, 3.63) is 36.5 Å². The molecule has 0 radical (unpaired) electrons. The van der Waals surface area contributed by atoms with E-state index in [-0.39, 0.29) is 0 Å². The highest BCUT2D eigenvalue weighted by Gasteiger charge is 2.14. The standard InChI is InChI=1S/C24H36N4/c1-4-7-19-28-22-14-10-9-13-20(22)21-15-17-26-24(23(21)28)25-16-11-8-12-18-27(5-2)6-3/h9-10,13-15,17H,4-8,11-12,16,18-19H2,1-3H3,(H,25,26). The van der Waals surface area contributed by atoms with Crippen LogP contribution in [0.25, 0.3) is 21.8 Å². The quantitative estimate of drug-likeness (QED) is 0.396. The molecule has 28 heavy (non-hydrogen) atoms. The predicted molar refractivity (Wildman–Crippen MR) is 122 cm³/mol. The molecule has 2 aromatic heterocycles. The van der Waals surface area contributed by atoms with E-state index in [0.29, 0.717) is 0 Å². The molecule has 0 amide bonds. The summed E-state index contributed by atoms with van der Waals surface area (Å²) in [6.07, 6.45) is 8.06. The summed E-state index contributed by atoms with van der Waals surface area (Å²) in [6, 6.07) is 10.9. The summed E-state index contributed by atoms with van der Waals surface area (Å²) in [5.41, 5.74) is 2.58. The van der Waals surface area contributed by atoms with Crippen molar-refractivity contribution in [3.63, 3.8) is 0 Å². The fraction of sp³-hybridized carbons (Fsp3) is 0.542. The third-order valence-electron chi connectivity index (χ3n) is 5.75. The molecule has 0 aliphatic rings. The number of nitrogens with one attached hydrogen (secondary N) is 1. The molecule has 0 unspecified atom stereocenters. The van der Waals surface area contributed by atoms with Gasteiger partial charge in [-0.2, -0.15) is 0 Å². The molecule has 0 saturated heterocycles. The van der Waals surface area contributed by atoms with Crippen LogP contribution in [-0.4, -0.2) is 40.6 Å². The molecule has 0 spiro atoms. The molecular weight excluding hydrogens is 344 g/mol. The zero-order valence-electron chi connectivity index (χ0n) is 17.9. The zero-order chi connectivity index (χ0) is 19.8. The Balaban J connectivity index is 1.71. The van der Waals surface area contributed by atoms with Gasteiger partial charge in [0.25, 0.3) is 0 Å². The molecule has 1 aromatic carbocycles. The Morgan fingerprint density at radius 2 is 1.75 bits per heavy atom. The van der Waals surface area contributed by atoms with E-state index in [4.69, 9.17) is 4.98 Å². The third kappa shape index (κ3) is 4.67. The normalized spacial score (nSPS) is 11.7. The molecule has 3 rings (SSSR count). The third-order valence-corrected chi connectivity index (χ3v) is 5.75.